The Balaban J connectivity index is 0.00000144. The number of carbonyl (C=O) groups excluding carboxylic acids is 1. The molecule has 4 nitrogen and oxygen atoms in total. The molecule has 0 aromatic heterocycles. The molecule has 1 aromatic carbocycles. The van der Waals surface area contributed by atoms with Crippen LogP contribution in [-0.2, 0) is 11.2 Å². The minimum Gasteiger partial charge on any atom is -0.412 e. The molecule has 0 aliphatic carbocycles. The lowest BCUT2D eigenvalue weighted by Crippen LogP contribution is -2.42. The van der Waals surface area contributed by atoms with Crippen LogP contribution >= 0.6 is 11.6 Å². The molecule has 0 radical (unpaired) electrons. The fourth-order valence-corrected chi connectivity index (χ4v) is 2.63. The Morgan fingerprint density at radius 1 is 1.59 bits per heavy atom. The summed E-state index contributed by atoms with van der Waals surface area (Å²) in [6.07, 6.45) is 0.882. The molecular weight excluding hydrogens is 240 g/mol. The summed E-state index contributed by atoms with van der Waals surface area (Å²) in [5, 5.41) is 0.736. The highest BCUT2D eigenvalue weighted by Crippen LogP contribution is 2.33. The van der Waals surface area contributed by atoms with Gasteiger partial charge in [0.25, 0.3) is 0 Å². The van der Waals surface area contributed by atoms with Gasteiger partial charge in [-0.2, -0.15) is 0 Å². The molecule has 94 valence electrons. The number of hydrogen-bond donors (Lipinski definition) is 1. The van der Waals surface area contributed by atoms with Gasteiger partial charge in [0.15, 0.2) is 0 Å². The van der Waals surface area contributed by atoms with Crippen LogP contribution in [0.25, 0.3) is 0 Å². The van der Waals surface area contributed by atoms with Gasteiger partial charge in [-0.05, 0) is 30.2 Å². The smallest absolute Gasteiger partial charge is 0.239 e. The first-order valence-electron chi connectivity index (χ1n) is 5.45. The summed E-state index contributed by atoms with van der Waals surface area (Å²) in [6.45, 7) is 3.69. The Morgan fingerprint density at radius 2 is 2.29 bits per heavy atom. The number of rotatable bonds is 2. The molecule has 5 heteroatoms. The van der Waals surface area contributed by atoms with E-state index in [2.05, 4.69) is 4.90 Å². The van der Waals surface area contributed by atoms with Crippen LogP contribution in [0, 0.1) is 0 Å². The Bertz CT molecular complexity index is 423. The number of carbonyl (C=O) groups is 1. The van der Waals surface area contributed by atoms with E-state index in [0.29, 0.717) is 0 Å². The van der Waals surface area contributed by atoms with Crippen molar-refractivity contribution < 1.29 is 10.3 Å². The van der Waals surface area contributed by atoms with Crippen molar-refractivity contribution in [2.24, 2.45) is 5.73 Å². The summed E-state index contributed by atoms with van der Waals surface area (Å²) < 4.78 is 0. The molecule has 1 aliphatic heterocycles. The Kier molecular flexibility index (Phi) is 4.51. The maximum absolute atomic E-state index is 11.5. The summed E-state index contributed by atoms with van der Waals surface area (Å²) >= 11 is 6.13. The van der Waals surface area contributed by atoms with Gasteiger partial charge >= 0.3 is 0 Å². The van der Waals surface area contributed by atoms with Crippen molar-refractivity contribution in [3.8, 4) is 0 Å². The molecule has 0 saturated heterocycles. The van der Waals surface area contributed by atoms with Gasteiger partial charge in [0, 0.05) is 11.6 Å². The van der Waals surface area contributed by atoms with Crippen LogP contribution in [0.3, 0.4) is 0 Å². The summed E-state index contributed by atoms with van der Waals surface area (Å²) in [4.78, 5) is 13.6. The summed E-state index contributed by atoms with van der Waals surface area (Å²) in [6, 6.07) is 5.35. The maximum atomic E-state index is 11.5. The number of halogens is 1. The third-order valence-corrected chi connectivity index (χ3v) is 3.49. The SMILES string of the molecule is CCN1CCc2c(Cl)cccc2C1C(N)=O.O. The molecule has 1 aromatic rings. The number of amides is 1. The molecular formula is C12H17ClN2O2. The second-order valence-corrected chi connectivity index (χ2v) is 4.40. The zero-order valence-corrected chi connectivity index (χ0v) is 10.5. The molecule has 17 heavy (non-hydrogen) atoms. The average molecular weight is 257 g/mol. The number of hydrogen-bond acceptors (Lipinski definition) is 2. The van der Waals surface area contributed by atoms with Gasteiger partial charge in [0.05, 0.1) is 0 Å². The standard InChI is InChI=1S/C12H15ClN2O.H2O/c1-2-15-7-6-8-9(11(15)12(14)16)4-3-5-10(8)13;/h3-5,11H,2,6-7H2,1H3,(H2,14,16);1H2. The Morgan fingerprint density at radius 3 is 2.88 bits per heavy atom. The fourth-order valence-electron chi connectivity index (χ4n) is 2.35. The van der Waals surface area contributed by atoms with E-state index in [9.17, 15) is 4.79 Å². The molecule has 1 amide bonds. The van der Waals surface area contributed by atoms with E-state index in [1.54, 1.807) is 0 Å². The highest BCUT2D eigenvalue weighted by atomic mass is 35.5. The number of benzene rings is 1. The normalized spacial score (nSPS) is 19.3. The molecule has 2 rings (SSSR count). The molecule has 4 N–H and O–H groups in total. The van der Waals surface area contributed by atoms with Crippen molar-refractivity contribution in [2.45, 2.75) is 19.4 Å². The third kappa shape index (κ3) is 2.44. The molecule has 1 aliphatic rings. The second-order valence-electron chi connectivity index (χ2n) is 3.99. The second kappa shape index (κ2) is 5.49. The van der Waals surface area contributed by atoms with E-state index in [1.165, 1.54) is 0 Å². The lowest BCUT2D eigenvalue weighted by Gasteiger charge is -2.34. The van der Waals surface area contributed by atoms with Crippen LogP contribution in [0.15, 0.2) is 18.2 Å². The molecule has 0 bridgehead atoms. The van der Waals surface area contributed by atoms with E-state index in [4.69, 9.17) is 17.3 Å². The molecule has 0 fully saturated rings. The van der Waals surface area contributed by atoms with Crippen molar-refractivity contribution in [1.29, 1.82) is 0 Å². The lowest BCUT2D eigenvalue weighted by molar-refractivity contribution is -0.123. The minimum atomic E-state index is -0.326. The van der Waals surface area contributed by atoms with E-state index in [0.717, 1.165) is 35.7 Å². The van der Waals surface area contributed by atoms with Gasteiger partial charge in [-0.15, -0.1) is 0 Å². The molecule has 0 saturated carbocycles. The van der Waals surface area contributed by atoms with Gasteiger partial charge in [-0.1, -0.05) is 30.7 Å². The van der Waals surface area contributed by atoms with Crippen molar-refractivity contribution in [3.05, 3.63) is 34.3 Å². The first-order valence-corrected chi connectivity index (χ1v) is 5.83. The number of fused-ring (bicyclic) bond motifs is 1. The number of nitrogens with zero attached hydrogens (tertiary/aromatic N) is 1. The van der Waals surface area contributed by atoms with Crippen molar-refractivity contribution >= 4 is 17.5 Å². The highest BCUT2D eigenvalue weighted by Gasteiger charge is 2.31. The molecule has 1 heterocycles. The van der Waals surface area contributed by atoms with Crippen LogP contribution in [0.4, 0.5) is 0 Å². The highest BCUT2D eigenvalue weighted by molar-refractivity contribution is 6.31. The van der Waals surface area contributed by atoms with Crippen molar-refractivity contribution in [3.63, 3.8) is 0 Å². The maximum Gasteiger partial charge on any atom is 0.239 e. The monoisotopic (exact) mass is 256 g/mol. The predicted octanol–water partition coefficient (Wildman–Crippen LogP) is 0.920. The summed E-state index contributed by atoms with van der Waals surface area (Å²) in [5.74, 6) is -0.301. The fraction of sp³-hybridized carbons (Fsp3) is 0.417. The Hall–Kier alpha value is -1.10. The van der Waals surface area contributed by atoms with Gasteiger partial charge in [0.1, 0.15) is 6.04 Å². The Labute approximate surface area is 106 Å². The van der Waals surface area contributed by atoms with Gasteiger partial charge in [0.2, 0.25) is 5.91 Å². The van der Waals surface area contributed by atoms with Crippen molar-refractivity contribution in [2.75, 3.05) is 13.1 Å². The zero-order valence-electron chi connectivity index (χ0n) is 9.74. The first kappa shape index (κ1) is 14.0. The van der Waals surface area contributed by atoms with Crippen LogP contribution in [0.1, 0.15) is 24.1 Å². The van der Waals surface area contributed by atoms with Gasteiger partial charge in [-0.3, -0.25) is 9.69 Å². The summed E-state index contributed by atoms with van der Waals surface area (Å²) in [5.41, 5.74) is 7.51. The van der Waals surface area contributed by atoms with Crippen LogP contribution < -0.4 is 5.73 Å². The van der Waals surface area contributed by atoms with Crippen LogP contribution in [0.5, 0.6) is 0 Å². The molecule has 1 unspecified atom stereocenters. The topological polar surface area (TPSA) is 77.8 Å². The zero-order chi connectivity index (χ0) is 11.7. The number of primary amides is 1. The van der Waals surface area contributed by atoms with Gasteiger partial charge < -0.3 is 11.2 Å². The van der Waals surface area contributed by atoms with Crippen LogP contribution in [-0.4, -0.2) is 29.4 Å². The van der Waals surface area contributed by atoms with Crippen LogP contribution in [0.2, 0.25) is 5.02 Å². The first-order chi connectivity index (χ1) is 7.65. The van der Waals surface area contributed by atoms with E-state index < -0.39 is 0 Å². The third-order valence-electron chi connectivity index (χ3n) is 3.14. The quantitative estimate of drug-likeness (QED) is 0.854. The predicted molar refractivity (Wildman–Crippen MR) is 68.0 cm³/mol. The minimum absolute atomic E-state index is 0. The largest absolute Gasteiger partial charge is 0.412 e. The van der Waals surface area contributed by atoms with E-state index in [1.807, 2.05) is 25.1 Å². The van der Waals surface area contributed by atoms with Gasteiger partial charge in [-0.25, -0.2) is 0 Å². The summed E-state index contributed by atoms with van der Waals surface area (Å²) in [7, 11) is 0. The number of nitrogens with two attached hydrogens (primary N) is 1. The van der Waals surface area contributed by atoms with E-state index >= 15 is 0 Å². The number of likely N-dealkylation sites (N-methyl/N-ethyl adjacent to an activating group) is 1. The van der Waals surface area contributed by atoms with Crippen molar-refractivity contribution in [1.82, 2.24) is 4.90 Å². The average Bonchev–Trinajstić information content (AvgIpc) is 2.27. The molecule has 0 spiro atoms. The molecule has 1 atom stereocenters. The van der Waals surface area contributed by atoms with E-state index in [-0.39, 0.29) is 17.4 Å². The lowest BCUT2D eigenvalue weighted by atomic mass is 9.92.